The Labute approximate surface area is 411 Å². The Hall–Kier alpha value is -1.02. The summed E-state index contributed by atoms with van der Waals surface area (Å²) in [7, 11) is 1.26. The van der Waals surface area contributed by atoms with Crippen molar-refractivity contribution < 1.29 is 32.9 Å². The number of hydrogen-bond acceptors (Lipinski definition) is 6. The number of nitrogens with one attached hydrogen (secondary N) is 1. The molecule has 0 saturated carbocycles. The standard InChI is InChI=1S/C57H113N2O6P/c1-6-8-10-12-14-16-18-20-21-22-23-24-25-26-27-28-29-30-31-32-33-34-35-36-37-38-39-40-42-44-46-48-50-56(60)55(54-65-66(62,63)64-53-52-59(3,4)5)58-57(61)51-49-47-45-43-41-19-17-15-13-11-9-7-2/h15,17,48,50,55-56,60H,6-14,16,18-47,49,51-54H2,1-5H3,(H-,58,61,62,63)/b17-15-,50-48+. The number of aliphatic hydroxyl groups is 1. The minimum atomic E-state index is -4.59. The summed E-state index contributed by atoms with van der Waals surface area (Å²) in [5.74, 6) is -0.205. The molecule has 0 saturated heterocycles. The lowest BCUT2D eigenvalue weighted by Crippen LogP contribution is -2.45. The molecule has 392 valence electrons. The number of carbonyl (C=O) groups excluding carboxylic acids is 1. The van der Waals surface area contributed by atoms with Gasteiger partial charge in [0.2, 0.25) is 5.91 Å². The molecule has 8 nitrogen and oxygen atoms in total. The monoisotopic (exact) mass is 953 g/mol. The highest BCUT2D eigenvalue weighted by Crippen LogP contribution is 2.38. The van der Waals surface area contributed by atoms with Crippen LogP contribution in [-0.4, -0.2) is 68.5 Å². The highest BCUT2D eigenvalue weighted by Gasteiger charge is 2.23. The number of amides is 1. The molecule has 3 unspecified atom stereocenters. The number of rotatable bonds is 53. The quantitative estimate of drug-likeness (QED) is 0.0272. The molecule has 0 fully saturated rings. The van der Waals surface area contributed by atoms with Gasteiger partial charge in [-0.1, -0.05) is 256 Å². The van der Waals surface area contributed by atoms with E-state index in [-0.39, 0.29) is 19.1 Å². The van der Waals surface area contributed by atoms with Crippen molar-refractivity contribution in [3.8, 4) is 0 Å². The Balaban J connectivity index is 4.02. The van der Waals surface area contributed by atoms with Gasteiger partial charge in [-0.3, -0.25) is 9.36 Å². The predicted octanol–water partition coefficient (Wildman–Crippen LogP) is 16.6. The van der Waals surface area contributed by atoms with Crippen molar-refractivity contribution in [3.05, 3.63) is 24.3 Å². The Morgan fingerprint density at radius 2 is 0.833 bits per heavy atom. The summed E-state index contributed by atoms with van der Waals surface area (Å²) in [5.41, 5.74) is 0. The van der Waals surface area contributed by atoms with E-state index in [1.165, 1.54) is 212 Å². The number of unbranched alkanes of at least 4 members (excludes halogenated alkanes) is 38. The first-order valence-electron chi connectivity index (χ1n) is 28.7. The van der Waals surface area contributed by atoms with Crippen LogP contribution in [0.15, 0.2) is 24.3 Å². The van der Waals surface area contributed by atoms with E-state index >= 15 is 0 Å². The van der Waals surface area contributed by atoms with Crippen LogP contribution >= 0.6 is 7.82 Å². The number of quaternary nitrogens is 1. The Bertz CT molecular complexity index is 1130. The molecule has 0 rings (SSSR count). The second-order valence-electron chi connectivity index (χ2n) is 21.0. The molecule has 0 aliphatic carbocycles. The second-order valence-corrected chi connectivity index (χ2v) is 22.4. The van der Waals surface area contributed by atoms with Crippen LogP contribution in [0, 0.1) is 0 Å². The number of hydrogen-bond donors (Lipinski definition) is 2. The van der Waals surface area contributed by atoms with Crippen molar-refractivity contribution >= 4 is 13.7 Å². The normalized spacial score (nSPS) is 14.1. The zero-order chi connectivity index (χ0) is 48.5. The number of phosphoric ester groups is 1. The van der Waals surface area contributed by atoms with Gasteiger partial charge in [0.05, 0.1) is 39.9 Å². The van der Waals surface area contributed by atoms with Gasteiger partial charge in [0.1, 0.15) is 13.2 Å². The van der Waals surface area contributed by atoms with E-state index in [9.17, 15) is 19.4 Å². The third-order valence-corrected chi connectivity index (χ3v) is 14.1. The van der Waals surface area contributed by atoms with Crippen LogP contribution in [0.1, 0.15) is 284 Å². The van der Waals surface area contributed by atoms with Crippen LogP contribution in [0.4, 0.5) is 0 Å². The smallest absolute Gasteiger partial charge is 0.268 e. The first-order chi connectivity index (χ1) is 32.0. The average Bonchev–Trinajstić information content (AvgIpc) is 3.28. The average molecular weight is 954 g/mol. The van der Waals surface area contributed by atoms with Crippen molar-refractivity contribution in [2.45, 2.75) is 296 Å². The zero-order valence-electron chi connectivity index (χ0n) is 44.7. The van der Waals surface area contributed by atoms with Crippen molar-refractivity contribution in [2.75, 3.05) is 40.9 Å². The highest BCUT2D eigenvalue weighted by atomic mass is 31.2. The second kappa shape index (κ2) is 49.0. The summed E-state index contributed by atoms with van der Waals surface area (Å²) in [6.07, 6.45) is 61.3. The predicted molar refractivity (Wildman–Crippen MR) is 284 cm³/mol. The molecule has 0 aromatic rings. The van der Waals surface area contributed by atoms with Gasteiger partial charge < -0.3 is 28.8 Å². The number of nitrogens with zero attached hydrogens (tertiary/aromatic N) is 1. The van der Waals surface area contributed by atoms with E-state index in [0.29, 0.717) is 17.4 Å². The Morgan fingerprint density at radius 3 is 1.21 bits per heavy atom. The molecule has 0 bridgehead atoms. The van der Waals surface area contributed by atoms with Gasteiger partial charge in [-0.15, -0.1) is 0 Å². The molecule has 0 spiro atoms. The van der Waals surface area contributed by atoms with Gasteiger partial charge in [0.15, 0.2) is 0 Å². The number of allylic oxidation sites excluding steroid dienone is 3. The highest BCUT2D eigenvalue weighted by molar-refractivity contribution is 7.45. The molecule has 0 aromatic carbocycles. The van der Waals surface area contributed by atoms with E-state index in [1.807, 2.05) is 27.2 Å². The van der Waals surface area contributed by atoms with Crippen molar-refractivity contribution in [1.82, 2.24) is 5.32 Å². The van der Waals surface area contributed by atoms with Gasteiger partial charge >= 0.3 is 0 Å². The van der Waals surface area contributed by atoms with E-state index in [1.54, 1.807) is 6.08 Å². The fraction of sp³-hybridized carbons (Fsp3) is 0.912. The minimum Gasteiger partial charge on any atom is -0.756 e. The molecular formula is C57H113N2O6P. The van der Waals surface area contributed by atoms with E-state index in [2.05, 4.69) is 31.3 Å². The maximum Gasteiger partial charge on any atom is 0.268 e. The maximum absolute atomic E-state index is 12.9. The molecule has 9 heteroatoms. The van der Waals surface area contributed by atoms with Crippen molar-refractivity contribution in [1.29, 1.82) is 0 Å². The van der Waals surface area contributed by atoms with E-state index in [4.69, 9.17) is 9.05 Å². The number of phosphoric acid groups is 1. The molecule has 0 radical (unpaired) electrons. The maximum atomic E-state index is 12.9. The van der Waals surface area contributed by atoms with Crippen LogP contribution in [0.5, 0.6) is 0 Å². The molecule has 3 atom stereocenters. The van der Waals surface area contributed by atoms with Crippen LogP contribution in [0.25, 0.3) is 0 Å². The summed E-state index contributed by atoms with van der Waals surface area (Å²) in [6.45, 7) is 4.64. The lowest BCUT2D eigenvalue weighted by molar-refractivity contribution is -0.870. The lowest BCUT2D eigenvalue weighted by atomic mass is 10.0. The Kier molecular flexibility index (Phi) is 48.2. The largest absolute Gasteiger partial charge is 0.756 e. The first kappa shape index (κ1) is 65.0. The van der Waals surface area contributed by atoms with Gasteiger partial charge in [0, 0.05) is 6.42 Å². The number of carbonyl (C=O) groups is 1. The number of likely N-dealkylation sites (N-methyl/N-ethyl adjacent to an activating group) is 1. The molecule has 66 heavy (non-hydrogen) atoms. The summed E-state index contributed by atoms with van der Waals surface area (Å²) < 4.78 is 23.3. The van der Waals surface area contributed by atoms with Crippen molar-refractivity contribution in [2.24, 2.45) is 0 Å². The Morgan fingerprint density at radius 1 is 0.515 bits per heavy atom. The molecule has 1 amide bonds. The minimum absolute atomic E-state index is 0.00128. The SMILES string of the molecule is CCCCC/C=C\CCCCCCCC(=O)NC(COP(=O)([O-])OCC[N+](C)(C)C)C(O)/C=C/CCCCCCCCCCCCCCCCCCCCCCCCCCCCCCCC. The molecule has 0 aliphatic rings. The van der Waals surface area contributed by atoms with Crippen LogP contribution in [-0.2, 0) is 18.4 Å². The van der Waals surface area contributed by atoms with E-state index in [0.717, 1.165) is 51.4 Å². The molecule has 0 aliphatic heterocycles. The molecule has 0 aromatic heterocycles. The lowest BCUT2D eigenvalue weighted by Gasteiger charge is -2.29. The fourth-order valence-corrected chi connectivity index (χ4v) is 9.34. The summed E-state index contributed by atoms with van der Waals surface area (Å²) >= 11 is 0. The summed E-state index contributed by atoms with van der Waals surface area (Å²) in [5, 5.41) is 13.8. The third kappa shape index (κ3) is 50.8. The third-order valence-electron chi connectivity index (χ3n) is 13.2. The molecule has 0 heterocycles. The van der Waals surface area contributed by atoms with Gasteiger partial charge in [-0.2, -0.15) is 0 Å². The van der Waals surface area contributed by atoms with E-state index < -0.39 is 20.0 Å². The van der Waals surface area contributed by atoms with Crippen molar-refractivity contribution in [3.63, 3.8) is 0 Å². The first-order valence-corrected chi connectivity index (χ1v) is 30.2. The fourth-order valence-electron chi connectivity index (χ4n) is 8.62. The topological polar surface area (TPSA) is 108 Å². The zero-order valence-corrected chi connectivity index (χ0v) is 45.6. The summed E-state index contributed by atoms with van der Waals surface area (Å²) in [4.78, 5) is 25.4. The van der Waals surface area contributed by atoms with Gasteiger partial charge in [0.25, 0.3) is 7.82 Å². The van der Waals surface area contributed by atoms with Crippen LogP contribution in [0.2, 0.25) is 0 Å². The van der Waals surface area contributed by atoms with Gasteiger partial charge in [-0.25, -0.2) is 0 Å². The van der Waals surface area contributed by atoms with Crippen LogP contribution < -0.4 is 10.2 Å². The van der Waals surface area contributed by atoms with Gasteiger partial charge in [-0.05, 0) is 44.9 Å². The van der Waals surface area contributed by atoms with Crippen LogP contribution in [0.3, 0.4) is 0 Å². The summed E-state index contributed by atoms with van der Waals surface area (Å²) in [6, 6.07) is -0.888. The number of aliphatic hydroxyl groups excluding tert-OH is 1. The molecule has 2 N–H and O–H groups in total. The molecular weight excluding hydrogens is 840 g/mol.